The van der Waals surface area contributed by atoms with E-state index in [2.05, 4.69) is 4.98 Å². The largest absolute Gasteiger partial charge is 0.478 e. The van der Waals surface area contributed by atoms with E-state index in [4.69, 9.17) is 15.3 Å². The molecule has 7 heteroatoms. The average Bonchev–Trinajstić information content (AvgIpc) is 2.46. The Morgan fingerprint density at radius 2 is 1.33 bits per heavy atom. The predicted octanol–water partition coefficient (Wildman–Crippen LogP) is 1.84. The van der Waals surface area contributed by atoms with Crippen molar-refractivity contribution in [2.24, 2.45) is 0 Å². The van der Waals surface area contributed by atoms with Crippen LogP contribution in [0.1, 0.15) is 31.2 Å². The number of nitrogens with zero attached hydrogens (tertiary/aromatic N) is 1. The summed E-state index contributed by atoms with van der Waals surface area (Å²) in [4.78, 5) is 36.5. The molecule has 1 aromatic carbocycles. The van der Waals surface area contributed by atoms with E-state index >= 15 is 0 Å². The molecule has 0 aliphatic carbocycles. The summed E-state index contributed by atoms with van der Waals surface area (Å²) in [5, 5.41) is 26.7. The van der Waals surface area contributed by atoms with E-state index in [-0.39, 0.29) is 16.8 Å². The lowest BCUT2D eigenvalue weighted by molar-refractivity contribution is 0.0679. The van der Waals surface area contributed by atoms with Crippen molar-refractivity contribution in [1.82, 2.24) is 4.98 Å². The van der Waals surface area contributed by atoms with Crippen LogP contribution >= 0.6 is 0 Å². The fourth-order valence-electron chi connectivity index (χ4n) is 1.73. The Bertz CT molecular complexity index is 703. The number of aromatic nitrogens is 1. The maximum atomic E-state index is 11.0. The quantitative estimate of drug-likeness (QED) is 0.783. The monoisotopic (exact) mass is 287 g/mol. The summed E-state index contributed by atoms with van der Waals surface area (Å²) in [5.41, 5.74) is 0.244. The Hall–Kier alpha value is -3.22. The Morgan fingerprint density at radius 1 is 0.762 bits per heavy atom. The molecule has 0 saturated heterocycles. The number of carbonyl (C=O) groups is 3. The minimum atomic E-state index is -1.26. The van der Waals surface area contributed by atoms with Crippen LogP contribution in [-0.2, 0) is 0 Å². The lowest BCUT2D eigenvalue weighted by Gasteiger charge is -2.06. The Balaban J connectivity index is 2.54. The molecular weight excluding hydrogens is 278 g/mol. The van der Waals surface area contributed by atoms with Gasteiger partial charge in [-0.25, -0.2) is 19.4 Å². The minimum Gasteiger partial charge on any atom is -0.478 e. The predicted molar refractivity (Wildman–Crippen MR) is 70.6 cm³/mol. The molecule has 7 nitrogen and oxygen atoms in total. The van der Waals surface area contributed by atoms with Gasteiger partial charge in [-0.15, -0.1) is 0 Å². The standard InChI is InChI=1S/C14H9NO6/c16-12(17)9-3-8(4-10(5-9)13(18)19)7-1-2-11(14(20)21)15-6-7/h1-6H,(H,16,17)(H,18,19)(H,20,21). The normalized spacial score (nSPS) is 10.1. The van der Waals surface area contributed by atoms with Crippen molar-refractivity contribution < 1.29 is 29.7 Å². The Morgan fingerprint density at radius 3 is 1.71 bits per heavy atom. The van der Waals surface area contributed by atoms with Crippen LogP contribution in [0.25, 0.3) is 11.1 Å². The maximum Gasteiger partial charge on any atom is 0.354 e. The highest BCUT2D eigenvalue weighted by atomic mass is 16.4. The molecule has 0 spiro atoms. The van der Waals surface area contributed by atoms with Crippen LogP contribution in [0.15, 0.2) is 36.5 Å². The molecule has 1 heterocycles. The van der Waals surface area contributed by atoms with E-state index in [1.165, 1.54) is 30.5 Å². The van der Waals surface area contributed by atoms with Crippen LogP contribution in [0.5, 0.6) is 0 Å². The molecule has 21 heavy (non-hydrogen) atoms. The molecule has 0 atom stereocenters. The van der Waals surface area contributed by atoms with Crippen LogP contribution in [0.4, 0.5) is 0 Å². The van der Waals surface area contributed by atoms with Gasteiger partial charge in [0.1, 0.15) is 5.69 Å². The van der Waals surface area contributed by atoms with Crippen molar-refractivity contribution in [2.75, 3.05) is 0 Å². The van der Waals surface area contributed by atoms with Gasteiger partial charge in [-0.05, 0) is 29.8 Å². The number of hydrogen-bond donors (Lipinski definition) is 3. The van der Waals surface area contributed by atoms with Gasteiger partial charge >= 0.3 is 17.9 Å². The number of carboxylic acid groups (broad SMARTS) is 3. The molecule has 2 aromatic rings. The second-order valence-corrected chi connectivity index (χ2v) is 4.15. The summed E-state index contributed by atoms with van der Waals surface area (Å²) in [6.07, 6.45) is 1.25. The second kappa shape index (κ2) is 5.41. The van der Waals surface area contributed by atoms with E-state index < -0.39 is 17.9 Å². The van der Waals surface area contributed by atoms with Crippen molar-refractivity contribution in [3.8, 4) is 11.1 Å². The number of rotatable bonds is 4. The van der Waals surface area contributed by atoms with Crippen LogP contribution < -0.4 is 0 Å². The number of benzene rings is 1. The molecule has 0 radical (unpaired) electrons. The van der Waals surface area contributed by atoms with Crippen LogP contribution in [0, 0.1) is 0 Å². The lowest BCUT2D eigenvalue weighted by atomic mass is 10.0. The maximum absolute atomic E-state index is 11.0. The van der Waals surface area contributed by atoms with Crippen molar-refractivity contribution in [1.29, 1.82) is 0 Å². The number of hydrogen-bond acceptors (Lipinski definition) is 4. The summed E-state index contributed by atoms with van der Waals surface area (Å²) < 4.78 is 0. The van der Waals surface area contributed by atoms with Gasteiger partial charge < -0.3 is 15.3 Å². The summed E-state index contributed by atoms with van der Waals surface area (Å²) in [6, 6.07) is 6.33. The molecule has 0 fully saturated rings. The average molecular weight is 287 g/mol. The Kier molecular flexibility index (Phi) is 3.66. The Labute approximate surface area is 118 Å². The first-order valence-electron chi connectivity index (χ1n) is 5.70. The van der Waals surface area contributed by atoms with Gasteiger partial charge in [-0.1, -0.05) is 6.07 Å². The number of aromatic carboxylic acids is 3. The fraction of sp³-hybridized carbons (Fsp3) is 0. The van der Waals surface area contributed by atoms with E-state index in [9.17, 15) is 14.4 Å². The van der Waals surface area contributed by atoms with Crippen molar-refractivity contribution >= 4 is 17.9 Å². The summed E-state index contributed by atoms with van der Waals surface area (Å²) in [6.45, 7) is 0. The fourth-order valence-corrected chi connectivity index (χ4v) is 1.73. The molecule has 0 unspecified atom stereocenters. The SMILES string of the molecule is O=C(O)c1cc(C(=O)O)cc(-c2ccc(C(=O)O)nc2)c1. The molecule has 1 aromatic heterocycles. The third-order valence-electron chi connectivity index (χ3n) is 2.74. The van der Waals surface area contributed by atoms with E-state index in [0.29, 0.717) is 11.1 Å². The molecule has 3 N–H and O–H groups in total. The molecule has 2 rings (SSSR count). The highest BCUT2D eigenvalue weighted by Crippen LogP contribution is 2.22. The molecule has 0 saturated carbocycles. The molecule has 0 bridgehead atoms. The zero-order chi connectivity index (χ0) is 15.6. The zero-order valence-electron chi connectivity index (χ0n) is 10.5. The van der Waals surface area contributed by atoms with Gasteiger partial charge in [-0.2, -0.15) is 0 Å². The van der Waals surface area contributed by atoms with Crippen molar-refractivity contribution in [2.45, 2.75) is 0 Å². The van der Waals surface area contributed by atoms with Gasteiger partial charge in [0.05, 0.1) is 11.1 Å². The van der Waals surface area contributed by atoms with Crippen LogP contribution in [-0.4, -0.2) is 38.2 Å². The number of pyridine rings is 1. The van der Waals surface area contributed by atoms with Crippen molar-refractivity contribution in [3.05, 3.63) is 53.3 Å². The van der Waals surface area contributed by atoms with Crippen LogP contribution in [0.3, 0.4) is 0 Å². The number of carboxylic acids is 3. The van der Waals surface area contributed by atoms with Gasteiger partial charge in [0.15, 0.2) is 0 Å². The first kappa shape index (κ1) is 14.2. The van der Waals surface area contributed by atoms with Crippen LogP contribution in [0.2, 0.25) is 0 Å². The first-order chi connectivity index (χ1) is 9.88. The highest BCUT2D eigenvalue weighted by molar-refractivity contribution is 5.96. The molecule has 106 valence electrons. The lowest BCUT2D eigenvalue weighted by Crippen LogP contribution is -2.03. The minimum absolute atomic E-state index is 0.161. The topological polar surface area (TPSA) is 125 Å². The second-order valence-electron chi connectivity index (χ2n) is 4.15. The summed E-state index contributed by atoms with van der Waals surface area (Å²) >= 11 is 0. The third-order valence-corrected chi connectivity index (χ3v) is 2.74. The zero-order valence-corrected chi connectivity index (χ0v) is 10.5. The van der Waals surface area contributed by atoms with Gasteiger partial charge in [0, 0.05) is 11.8 Å². The molecular formula is C14H9NO6. The van der Waals surface area contributed by atoms with Gasteiger partial charge in [0.2, 0.25) is 0 Å². The summed E-state index contributed by atoms with van der Waals surface area (Å²) in [7, 11) is 0. The molecule has 0 aliphatic rings. The molecule has 0 aliphatic heterocycles. The van der Waals surface area contributed by atoms with Gasteiger partial charge in [0.25, 0.3) is 0 Å². The van der Waals surface area contributed by atoms with Gasteiger partial charge in [-0.3, -0.25) is 0 Å². The smallest absolute Gasteiger partial charge is 0.354 e. The molecule has 0 amide bonds. The van der Waals surface area contributed by atoms with E-state index in [0.717, 1.165) is 6.07 Å². The van der Waals surface area contributed by atoms with E-state index in [1.807, 2.05) is 0 Å². The third kappa shape index (κ3) is 3.03. The summed E-state index contributed by atoms with van der Waals surface area (Å²) in [5.74, 6) is -3.70. The highest BCUT2D eigenvalue weighted by Gasteiger charge is 2.13. The van der Waals surface area contributed by atoms with Crippen molar-refractivity contribution in [3.63, 3.8) is 0 Å². The van der Waals surface area contributed by atoms with E-state index in [1.54, 1.807) is 0 Å². The first-order valence-corrected chi connectivity index (χ1v) is 5.70.